The third-order valence-corrected chi connectivity index (χ3v) is 5.69. The van der Waals surface area contributed by atoms with Crippen molar-refractivity contribution in [3.63, 3.8) is 0 Å². The van der Waals surface area contributed by atoms with Gasteiger partial charge in [0.1, 0.15) is 17.4 Å². The largest absolute Gasteiger partial charge is 0.459 e. The average Bonchev–Trinajstić information content (AvgIpc) is 3.27. The van der Waals surface area contributed by atoms with E-state index in [0.717, 1.165) is 16.5 Å². The summed E-state index contributed by atoms with van der Waals surface area (Å²) in [5, 5.41) is 4.00. The van der Waals surface area contributed by atoms with Crippen molar-refractivity contribution in [2.45, 2.75) is 19.5 Å². The van der Waals surface area contributed by atoms with Gasteiger partial charge < -0.3 is 19.3 Å². The summed E-state index contributed by atoms with van der Waals surface area (Å²) in [6.07, 6.45) is 0. The quantitative estimate of drug-likeness (QED) is 0.405. The van der Waals surface area contributed by atoms with E-state index < -0.39 is 17.2 Å². The summed E-state index contributed by atoms with van der Waals surface area (Å²) in [6, 6.07) is 23.6. The molecule has 0 aliphatic rings. The van der Waals surface area contributed by atoms with E-state index in [4.69, 9.17) is 4.42 Å². The lowest BCUT2D eigenvalue weighted by Crippen LogP contribution is -2.36. The molecule has 1 amide bonds. The molecule has 0 aliphatic carbocycles. The second-order valence-electron chi connectivity index (χ2n) is 7.74. The Morgan fingerprint density at radius 3 is 2.52 bits per heavy atom. The van der Waals surface area contributed by atoms with E-state index in [-0.39, 0.29) is 5.91 Å². The summed E-state index contributed by atoms with van der Waals surface area (Å²) in [5.74, 6) is 0.283. The molecule has 2 aromatic heterocycles. The molecule has 1 atom stereocenters. The smallest absolute Gasteiger partial charge is 0.316 e. The Balaban J connectivity index is 1.55. The number of nitrogens with one attached hydrogen (secondary N) is 2. The third kappa shape index (κ3) is 3.74. The Hall–Kier alpha value is -4.39. The zero-order valence-electron chi connectivity index (χ0n) is 17.9. The molecule has 0 aliphatic heterocycles. The van der Waals surface area contributed by atoms with Crippen molar-refractivity contribution in [3.8, 4) is 0 Å². The molecule has 2 heterocycles. The molecule has 5 aromatic rings. The van der Waals surface area contributed by atoms with Crippen LogP contribution >= 0.6 is 0 Å². The number of para-hydroxylation sites is 1. The van der Waals surface area contributed by atoms with Crippen molar-refractivity contribution in [2.75, 3.05) is 0 Å². The number of aryl methyl sites for hydroxylation is 1. The number of aromatic amines is 1. The Bertz CT molecular complexity index is 1560. The fourth-order valence-corrected chi connectivity index (χ4v) is 4.06. The van der Waals surface area contributed by atoms with Crippen LogP contribution in [0.2, 0.25) is 0 Å². The zero-order valence-corrected chi connectivity index (χ0v) is 17.9. The van der Waals surface area contributed by atoms with Gasteiger partial charge in [0.2, 0.25) is 0 Å². The molecular formula is C26H21N3O4. The maximum absolute atomic E-state index is 13.3. The second-order valence-corrected chi connectivity index (χ2v) is 7.74. The summed E-state index contributed by atoms with van der Waals surface area (Å²) in [4.78, 5) is 39.9. The van der Waals surface area contributed by atoms with Crippen LogP contribution in [0.1, 0.15) is 34.6 Å². The van der Waals surface area contributed by atoms with E-state index in [2.05, 4.69) is 10.3 Å². The normalized spacial score (nSPS) is 12.2. The standard InChI is InChI=1S/C26H21N3O4/c1-2-29-20-13-12-18(14-19(20)27-25(31)26(29)32)24(30)28-23(16-8-4-3-5-9-16)22-15-17-10-6-7-11-21(17)33-22/h3-15,23H,2H2,1H3,(H,27,31)(H,28,30). The number of hydrogen-bond donors (Lipinski definition) is 2. The van der Waals surface area contributed by atoms with Crippen molar-refractivity contribution < 1.29 is 9.21 Å². The molecule has 5 rings (SSSR count). The number of H-pyrrole nitrogens is 1. The van der Waals surface area contributed by atoms with Crippen molar-refractivity contribution in [1.82, 2.24) is 14.9 Å². The predicted molar refractivity (Wildman–Crippen MR) is 126 cm³/mol. The topological polar surface area (TPSA) is 97.1 Å². The predicted octanol–water partition coefficient (Wildman–Crippen LogP) is 3.98. The van der Waals surface area contributed by atoms with Gasteiger partial charge in [0, 0.05) is 17.5 Å². The first kappa shape index (κ1) is 20.5. The van der Waals surface area contributed by atoms with Crippen LogP contribution in [0.4, 0.5) is 0 Å². The highest BCUT2D eigenvalue weighted by atomic mass is 16.3. The molecule has 2 N–H and O–H groups in total. The molecule has 0 fully saturated rings. The molecule has 7 heteroatoms. The highest BCUT2D eigenvalue weighted by molar-refractivity contribution is 5.97. The molecule has 0 saturated heterocycles. The van der Waals surface area contributed by atoms with Gasteiger partial charge in [-0.2, -0.15) is 0 Å². The SMILES string of the molecule is CCn1c(=O)c(=O)[nH]c2cc(C(=O)NC(c3ccccc3)c3cc4ccccc4o3)ccc21. The minimum Gasteiger partial charge on any atom is -0.459 e. The Morgan fingerprint density at radius 1 is 1.00 bits per heavy atom. The summed E-state index contributed by atoms with van der Waals surface area (Å²) in [7, 11) is 0. The van der Waals surface area contributed by atoms with Gasteiger partial charge in [0.15, 0.2) is 0 Å². The van der Waals surface area contributed by atoms with E-state index in [1.807, 2.05) is 60.7 Å². The number of benzene rings is 3. The van der Waals surface area contributed by atoms with Gasteiger partial charge in [0.25, 0.3) is 5.91 Å². The lowest BCUT2D eigenvalue weighted by atomic mass is 10.0. The lowest BCUT2D eigenvalue weighted by Gasteiger charge is -2.17. The van der Waals surface area contributed by atoms with Crippen LogP contribution < -0.4 is 16.4 Å². The van der Waals surface area contributed by atoms with Crippen molar-refractivity contribution >= 4 is 27.9 Å². The molecule has 0 radical (unpaired) electrons. The first-order valence-corrected chi connectivity index (χ1v) is 10.7. The Morgan fingerprint density at radius 2 is 1.76 bits per heavy atom. The molecule has 3 aromatic carbocycles. The first-order chi connectivity index (χ1) is 16.0. The number of furan rings is 1. The molecule has 1 unspecified atom stereocenters. The maximum Gasteiger partial charge on any atom is 0.316 e. The first-order valence-electron chi connectivity index (χ1n) is 10.7. The molecule has 0 bridgehead atoms. The van der Waals surface area contributed by atoms with E-state index >= 15 is 0 Å². The van der Waals surface area contributed by atoms with Crippen molar-refractivity contribution in [3.05, 3.63) is 116 Å². The number of carbonyl (C=O) groups excluding carboxylic acids is 1. The highest BCUT2D eigenvalue weighted by Crippen LogP contribution is 2.28. The number of carbonyl (C=O) groups is 1. The lowest BCUT2D eigenvalue weighted by molar-refractivity contribution is 0.0939. The van der Waals surface area contributed by atoms with Gasteiger partial charge >= 0.3 is 11.1 Å². The van der Waals surface area contributed by atoms with E-state index in [1.54, 1.807) is 25.1 Å². The van der Waals surface area contributed by atoms with Gasteiger partial charge in [-0.15, -0.1) is 0 Å². The van der Waals surface area contributed by atoms with Gasteiger partial charge in [-0.25, -0.2) is 0 Å². The minimum atomic E-state index is -0.716. The minimum absolute atomic E-state index is 0.332. The number of nitrogens with zero attached hydrogens (tertiary/aromatic N) is 1. The summed E-state index contributed by atoms with van der Waals surface area (Å²) < 4.78 is 7.44. The van der Waals surface area contributed by atoms with Gasteiger partial charge in [-0.1, -0.05) is 48.5 Å². The maximum atomic E-state index is 13.3. The van der Waals surface area contributed by atoms with Crippen LogP contribution in [-0.4, -0.2) is 15.5 Å². The number of amides is 1. The highest BCUT2D eigenvalue weighted by Gasteiger charge is 2.22. The molecule has 0 saturated carbocycles. The fourth-order valence-electron chi connectivity index (χ4n) is 4.06. The van der Waals surface area contributed by atoms with Crippen LogP contribution in [0.3, 0.4) is 0 Å². The monoisotopic (exact) mass is 439 g/mol. The average molecular weight is 439 g/mol. The molecule has 0 spiro atoms. The summed E-state index contributed by atoms with van der Waals surface area (Å²) in [6.45, 7) is 2.14. The number of hydrogen-bond acceptors (Lipinski definition) is 4. The van der Waals surface area contributed by atoms with E-state index in [9.17, 15) is 14.4 Å². The van der Waals surface area contributed by atoms with Gasteiger partial charge in [-0.3, -0.25) is 14.4 Å². The van der Waals surface area contributed by atoms with Crippen molar-refractivity contribution in [2.24, 2.45) is 0 Å². The Labute approximate surface area is 188 Å². The molecule has 164 valence electrons. The fraction of sp³-hybridized carbons (Fsp3) is 0.115. The molecular weight excluding hydrogens is 418 g/mol. The van der Waals surface area contributed by atoms with Gasteiger partial charge in [0.05, 0.1) is 11.0 Å². The summed E-state index contributed by atoms with van der Waals surface area (Å²) in [5.41, 5.74) is 1.63. The van der Waals surface area contributed by atoms with Crippen LogP contribution in [0.15, 0.2) is 92.9 Å². The van der Waals surface area contributed by atoms with E-state index in [0.29, 0.717) is 28.9 Å². The summed E-state index contributed by atoms with van der Waals surface area (Å²) >= 11 is 0. The van der Waals surface area contributed by atoms with Crippen LogP contribution in [0.5, 0.6) is 0 Å². The number of fused-ring (bicyclic) bond motifs is 2. The van der Waals surface area contributed by atoms with Crippen LogP contribution in [0.25, 0.3) is 22.0 Å². The van der Waals surface area contributed by atoms with E-state index in [1.165, 1.54) is 4.57 Å². The number of rotatable bonds is 5. The number of aromatic nitrogens is 2. The van der Waals surface area contributed by atoms with Crippen LogP contribution in [-0.2, 0) is 6.54 Å². The zero-order chi connectivity index (χ0) is 22.9. The molecule has 33 heavy (non-hydrogen) atoms. The second kappa shape index (κ2) is 8.27. The third-order valence-electron chi connectivity index (χ3n) is 5.69. The molecule has 7 nitrogen and oxygen atoms in total. The van der Waals surface area contributed by atoms with Crippen molar-refractivity contribution in [1.29, 1.82) is 0 Å². The van der Waals surface area contributed by atoms with Crippen LogP contribution in [0, 0.1) is 0 Å². The Kier molecular flexibility index (Phi) is 5.14. The van der Waals surface area contributed by atoms with Gasteiger partial charge in [-0.05, 0) is 42.8 Å².